The highest BCUT2D eigenvalue weighted by molar-refractivity contribution is 5.91. The van der Waals surface area contributed by atoms with Crippen molar-refractivity contribution in [3.63, 3.8) is 0 Å². The molecular weight excluding hydrogens is 382 g/mol. The fourth-order valence-electron chi connectivity index (χ4n) is 2.75. The number of hydrogen-bond donors (Lipinski definition) is 1. The molecule has 0 fully saturated rings. The molecule has 1 heterocycles. The van der Waals surface area contributed by atoms with E-state index in [-0.39, 0.29) is 34.6 Å². The second-order valence-electron chi connectivity index (χ2n) is 5.87. The van der Waals surface area contributed by atoms with Crippen molar-refractivity contribution in [1.29, 1.82) is 0 Å². The van der Waals surface area contributed by atoms with Gasteiger partial charge in [-0.3, -0.25) is 10.1 Å². The number of nitrogens with zero attached hydrogens (tertiary/aromatic N) is 3. The molecule has 0 aliphatic heterocycles. The van der Waals surface area contributed by atoms with Crippen molar-refractivity contribution < 1.29 is 29.0 Å². The van der Waals surface area contributed by atoms with Crippen LogP contribution in [0.4, 0.5) is 5.69 Å². The molecule has 2 aromatic carbocycles. The lowest BCUT2D eigenvalue weighted by atomic mass is 10.1. The van der Waals surface area contributed by atoms with Crippen LogP contribution in [0.2, 0.25) is 0 Å². The van der Waals surface area contributed by atoms with Crippen molar-refractivity contribution in [2.75, 3.05) is 6.61 Å². The number of para-hydroxylation sites is 2. The van der Waals surface area contributed by atoms with E-state index in [4.69, 9.17) is 4.74 Å². The maximum Gasteiger partial charge on any atom is 0.412 e. The number of fused-ring (bicyclic) bond motifs is 1. The van der Waals surface area contributed by atoms with E-state index in [0.717, 1.165) is 6.07 Å². The van der Waals surface area contributed by atoms with E-state index in [0.29, 0.717) is 9.46 Å². The normalized spacial score (nSPS) is 11.1. The number of aromatic nitrogens is 2. The molecule has 0 saturated carbocycles. The number of carbonyl (C=O) groups is 1. The Morgan fingerprint density at radius 3 is 2.38 bits per heavy atom. The first-order valence-corrected chi connectivity index (χ1v) is 8.45. The topological polar surface area (TPSA) is 144 Å². The molecule has 10 nitrogen and oxygen atoms in total. The van der Waals surface area contributed by atoms with Crippen LogP contribution < -0.4 is 9.46 Å². The van der Waals surface area contributed by atoms with Crippen molar-refractivity contribution in [3.05, 3.63) is 79.9 Å². The number of non-ortho nitro benzene ring substituents is 1. The Morgan fingerprint density at radius 2 is 1.79 bits per heavy atom. The van der Waals surface area contributed by atoms with E-state index < -0.39 is 22.3 Å². The van der Waals surface area contributed by atoms with Crippen LogP contribution >= 0.6 is 0 Å². The Labute approximate surface area is 163 Å². The van der Waals surface area contributed by atoms with Crippen molar-refractivity contribution in [2.45, 2.75) is 6.92 Å². The number of rotatable bonds is 5. The quantitative estimate of drug-likeness (QED) is 0.228. The van der Waals surface area contributed by atoms with Gasteiger partial charge < -0.3 is 20.3 Å². The fraction of sp³-hybridized carbons (Fsp3) is 0.105. The Morgan fingerprint density at radius 1 is 1.14 bits per heavy atom. The lowest BCUT2D eigenvalue weighted by molar-refractivity contribution is -0.632. The average Bonchev–Trinajstić information content (AvgIpc) is 2.70. The summed E-state index contributed by atoms with van der Waals surface area (Å²) in [6.07, 6.45) is 2.43. The maximum atomic E-state index is 12.8. The number of aromatic hydroxyl groups is 1. The highest BCUT2D eigenvalue weighted by atomic mass is 16.6. The molecule has 0 radical (unpaired) electrons. The minimum Gasteiger partial charge on any atom is -0.617 e. The molecule has 29 heavy (non-hydrogen) atoms. The Hall–Kier alpha value is -4.21. The van der Waals surface area contributed by atoms with Gasteiger partial charge >= 0.3 is 11.7 Å². The number of nitro groups is 1. The number of phenols is 1. The molecule has 0 atom stereocenters. The molecule has 10 heteroatoms. The van der Waals surface area contributed by atoms with E-state index >= 15 is 0 Å². The Balaban J connectivity index is 2.19. The zero-order valence-corrected chi connectivity index (χ0v) is 15.1. The third kappa shape index (κ3) is 3.63. The van der Waals surface area contributed by atoms with Crippen molar-refractivity contribution in [2.24, 2.45) is 0 Å². The third-order valence-electron chi connectivity index (χ3n) is 4.10. The molecule has 1 N–H and O–H groups in total. The molecule has 3 aromatic rings. The van der Waals surface area contributed by atoms with Gasteiger partial charge in [0.05, 0.1) is 17.6 Å². The van der Waals surface area contributed by atoms with Crippen LogP contribution in [0.5, 0.6) is 5.75 Å². The number of carbonyl (C=O) groups excluding carboxylic acids is 1. The summed E-state index contributed by atoms with van der Waals surface area (Å²) in [5, 5.41) is 46.3. The van der Waals surface area contributed by atoms with Crippen LogP contribution in [-0.4, -0.2) is 22.6 Å². The predicted molar refractivity (Wildman–Crippen MR) is 102 cm³/mol. The molecule has 0 spiro atoms. The summed E-state index contributed by atoms with van der Waals surface area (Å²) in [7, 11) is 0. The van der Waals surface area contributed by atoms with Gasteiger partial charge in [0.2, 0.25) is 0 Å². The standard InChI is InChI=1S/C19H15N3O7/c1-2-29-19(24)18-16(20(25)14-5-3-4-6-15(14)21(18)26)10-8-12-7-9-13(22(27)28)11-17(12)23/h3-11,23H,2H2,1H3/b10-8+. The largest absolute Gasteiger partial charge is 0.617 e. The molecular formula is C19H15N3O7. The van der Waals surface area contributed by atoms with Crippen molar-refractivity contribution >= 4 is 34.8 Å². The van der Waals surface area contributed by atoms with Crippen molar-refractivity contribution in [3.8, 4) is 5.75 Å². The monoisotopic (exact) mass is 397 g/mol. The van der Waals surface area contributed by atoms with Crippen LogP contribution in [0.1, 0.15) is 28.7 Å². The smallest absolute Gasteiger partial charge is 0.412 e. The van der Waals surface area contributed by atoms with Crippen LogP contribution in [0, 0.1) is 20.5 Å². The SMILES string of the molecule is CCOC(=O)c1c(/C=C/c2ccc([N+](=O)[O-])cc2O)[n+]([O-])c2ccccc2[n+]1[O-]. The molecule has 3 rings (SSSR count). The van der Waals surface area contributed by atoms with Gasteiger partial charge in [0.1, 0.15) is 5.75 Å². The Kier molecular flexibility index (Phi) is 5.26. The van der Waals surface area contributed by atoms with Gasteiger partial charge in [-0.1, -0.05) is 12.1 Å². The molecule has 0 aliphatic rings. The van der Waals surface area contributed by atoms with Gasteiger partial charge in [0, 0.05) is 29.8 Å². The Bertz CT molecular complexity index is 1160. The first kappa shape index (κ1) is 19.5. The second-order valence-corrected chi connectivity index (χ2v) is 5.87. The van der Waals surface area contributed by atoms with E-state index in [9.17, 15) is 30.4 Å². The lowest BCUT2D eigenvalue weighted by Gasteiger charge is -2.10. The van der Waals surface area contributed by atoms with Gasteiger partial charge in [0.15, 0.2) is 0 Å². The van der Waals surface area contributed by atoms with E-state index in [1.807, 2.05) is 0 Å². The summed E-state index contributed by atoms with van der Waals surface area (Å²) in [5.41, 5.74) is -0.956. The van der Waals surface area contributed by atoms with Crippen LogP contribution in [0.15, 0.2) is 42.5 Å². The lowest BCUT2D eigenvalue weighted by Crippen LogP contribution is -2.46. The average molecular weight is 397 g/mol. The summed E-state index contributed by atoms with van der Waals surface area (Å²) in [4.78, 5) is 22.4. The molecule has 0 saturated heterocycles. The number of esters is 1. The molecule has 0 amide bonds. The number of benzene rings is 2. The molecule has 0 bridgehead atoms. The summed E-state index contributed by atoms with van der Waals surface area (Å²) in [6, 6.07) is 9.33. The van der Waals surface area contributed by atoms with Crippen LogP contribution in [0.3, 0.4) is 0 Å². The number of ether oxygens (including phenoxy) is 1. The van der Waals surface area contributed by atoms with Gasteiger partial charge in [-0.15, -0.1) is 4.73 Å². The summed E-state index contributed by atoms with van der Waals surface area (Å²) in [6.45, 7) is 1.56. The predicted octanol–water partition coefficient (Wildman–Crippen LogP) is 2.07. The second kappa shape index (κ2) is 7.80. The van der Waals surface area contributed by atoms with Crippen LogP contribution in [0.25, 0.3) is 23.2 Å². The molecule has 0 unspecified atom stereocenters. The summed E-state index contributed by atoms with van der Waals surface area (Å²) >= 11 is 0. The van der Waals surface area contributed by atoms with Gasteiger partial charge in [-0.25, -0.2) is 4.79 Å². The van der Waals surface area contributed by atoms with Crippen LogP contribution in [-0.2, 0) is 4.74 Å². The summed E-state index contributed by atoms with van der Waals surface area (Å²) < 4.78 is 5.63. The minimum absolute atomic E-state index is 0.00316. The van der Waals surface area contributed by atoms with E-state index in [2.05, 4.69) is 0 Å². The molecule has 148 valence electrons. The third-order valence-corrected chi connectivity index (χ3v) is 4.10. The van der Waals surface area contributed by atoms with Gasteiger partial charge in [0.25, 0.3) is 22.4 Å². The zero-order chi connectivity index (χ0) is 21.1. The highest BCUT2D eigenvalue weighted by Gasteiger charge is 2.33. The van der Waals surface area contributed by atoms with Gasteiger partial charge in [-0.2, -0.15) is 4.73 Å². The van der Waals surface area contributed by atoms with E-state index in [1.54, 1.807) is 19.1 Å². The molecule has 1 aromatic heterocycles. The first-order chi connectivity index (χ1) is 13.8. The minimum atomic E-state index is -0.981. The highest BCUT2D eigenvalue weighted by Crippen LogP contribution is 2.25. The maximum absolute atomic E-state index is 12.8. The zero-order valence-electron chi connectivity index (χ0n) is 15.1. The summed E-state index contributed by atoms with van der Waals surface area (Å²) in [5.74, 6) is -1.38. The molecule has 0 aliphatic carbocycles. The number of nitro benzene ring substituents is 1. The number of phenolic OH excluding ortho intramolecular Hbond substituents is 1. The fourth-order valence-corrected chi connectivity index (χ4v) is 2.75. The van der Waals surface area contributed by atoms with Crippen molar-refractivity contribution in [1.82, 2.24) is 0 Å². The first-order valence-electron chi connectivity index (χ1n) is 8.45. The van der Waals surface area contributed by atoms with E-state index in [1.165, 1.54) is 36.4 Å². The van der Waals surface area contributed by atoms with Gasteiger partial charge in [-0.05, 0) is 19.1 Å². The number of hydrogen-bond acceptors (Lipinski definition) is 7.